The summed E-state index contributed by atoms with van der Waals surface area (Å²) < 4.78 is 10.9. The van der Waals surface area contributed by atoms with E-state index in [2.05, 4.69) is 4.98 Å². The number of pyridine rings is 1. The molecule has 0 saturated heterocycles. The summed E-state index contributed by atoms with van der Waals surface area (Å²) in [7, 11) is 1.63. The molecule has 1 aromatic heterocycles. The maximum atomic E-state index is 5.91. The van der Waals surface area contributed by atoms with Crippen LogP contribution in [0.15, 0.2) is 42.6 Å². The Balaban J connectivity index is 2.10. The molecule has 1 aromatic carbocycles. The third-order valence-corrected chi connectivity index (χ3v) is 2.86. The van der Waals surface area contributed by atoms with Crippen LogP contribution in [0.25, 0.3) is 0 Å². The summed E-state index contributed by atoms with van der Waals surface area (Å²) >= 11 is 0. The van der Waals surface area contributed by atoms with Gasteiger partial charge in [-0.25, -0.2) is 0 Å². The molecule has 4 heteroatoms. The van der Waals surface area contributed by atoms with Crippen LogP contribution in [0.4, 0.5) is 0 Å². The number of benzene rings is 1. The van der Waals surface area contributed by atoms with Crippen LogP contribution in [-0.4, -0.2) is 12.1 Å². The predicted octanol–water partition coefficient (Wildman–Crippen LogP) is 3.29. The highest BCUT2D eigenvalue weighted by Gasteiger charge is 2.05. The van der Waals surface area contributed by atoms with Gasteiger partial charge in [0.15, 0.2) is 0 Å². The molecule has 4 nitrogen and oxygen atoms in total. The van der Waals surface area contributed by atoms with Gasteiger partial charge in [-0.1, -0.05) is 13.0 Å². The van der Waals surface area contributed by atoms with Gasteiger partial charge in [-0.2, -0.15) is 0 Å². The van der Waals surface area contributed by atoms with Crippen molar-refractivity contribution < 1.29 is 9.47 Å². The Morgan fingerprint density at radius 1 is 1.16 bits per heavy atom. The summed E-state index contributed by atoms with van der Waals surface area (Å²) in [5, 5.41) is 0. The number of rotatable bonds is 5. The smallest absolute Gasteiger partial charge is 0.145 e. The molecule has 0 saturated carbocycles. The molecule has 0 radical (unpaired) electrons. The summed E-state index contributed by atoms with van der Waals surface area (Å²) in [6.07, 6.45) is 2.55. The minimum absolute atomic E-state index is 0.0223. The molecule has 0 amide bonds. The van der Waals surface area contributed by atoms with E-state index in [9.17, 15) is 0 Å². The van der Waals surface area contributed by atoms with Crippen LogP contribution >= 0.6 is 0 Å². The summed E-state index contributed by atoms with van der Waals surface area (Å²) in [4.78, 5) is 4.31. The minimum Gasteiger partial charge on any atom is -0.497 e. The van der Waals surface area contributed by atoms with Crippen molar-refractivity contribution in [2.45, 2.75) is 19.4 Å². The molecule has 2 aromatic rings. The average Bonchev–Trinajstić information content (AvgIpc) is 2.47. The maximum Gasteiger partial charge on any atom is 0.145 e. The number of hydrogen-bond acceptors (Lipinski definition) is 4. The zero-order valence-corrected chi connectivity index (χ0v) is 11.2. The Kier molecular flexibility index (Phi) is 4.36. The lowest BCUT2D eigenvalue weighted by Gasteiger charge is -2.10. The molecule has 1 unspecified atom stereocenters. The van der Waals surface area contributed by atoms with Crippen LogP contribution in [0.5, 0.6) is 17.2 Å². The molecular formula is C15H18N2O2. The molecule has 2 rings (SSSR count). The molecule has 0 aliphatic rings. The van der Waals surface area contributed by atoms with Crippen molar-refractivity contribution in [1.82, 2.24) is 4.98 Å². The van der Waals surface area contributed by atoms with Crippen molar-refractivity contribution in [3.05, 3.63) is 48.3 Å². The number of hydrogen-bond donors (Lipinski definition) is 1. The van der Waals surface area contributed by atoms with E-state index in [1.807, 2.05) is 43.3 Å². The highest BCUT2D eigenvalue weighted by molar-refractivity contribution is 5.36. The van der Waals surface area contributed by atoms with Gasteiger partial charge in [0.1, 0.15) is 17.2 Å². The number of aromatic nitrogens is 1. The maximum absolute atomic E-state index is 5.91. The quantitative estimate of drug-likeness (QED) is 0.894. The van der Waals surface area contributed by atoms with Crippen LogP contribution < -0.4 is 15.2 Å². The lowest BCUT2D eigenvalue weighted by molar-refractivity contribution is 0.409. The molecule has 100 valence electrons. The molecule has 0 aliphatic carbocycles. The number of nitrogens with zero attached hydrogens (tertiary/aromatic N) is 1. The van der Waals surface area contributed by atoms with E-state index < -0.39 is 0 Å². The number of methoxy groups -OCH3 is 1. The molecule has 0 aliphatic heterocycles. The molecule has 1 heterocycles. The zero-order chi connectivity index (χ0) is 13.7. The van der Waals surface area contributed by atoms with Crippen LogP contribution in [0.3, 0.4) is 0 Å². The molecule has 19 heavy (non-hydrogen) atoms. The molecule has 2 N–H and O–H groups in total. The van der Waals surface area contributed by atoms with Crippen LogP contribution in [0, 0.1) is 0 Å². The zero-order valence-electron chi connectivity index (χ0n) is 11.2. The SMILES string of the molecule is CCC(N)c1ccc(Oc2cccc(OC)c2)cn1. The highest BCUT2D eigenvalue weighted by atomic mass is 16.5. The third kappa shape index (κ3) is 3.45. The van der Waals surface area contributed by atoms with E-state index in [1.54, 1.807) is 13.3 Å². The lowest BCUT2D eigenvalue weighted by atomic mass is 10.1. The predicted molar refractivity (Wildman–Crippen MR) is 74.5 cm³/mol. The summed E-state index contributed by atoms with van der Waals surface area (Å²) in [5.74, 6) is 2.16. The first kappa shape index (κ1) is 13.4. The summed E-state index contributed by atoms with van der Waals surface area (Å²) in [5.41, 5.74) is 6.79. The first-order valence-electron chi connectivity index (χ1n) is 6.26. The Labute approximate surface area is 113 Å². The summed E-state index contributed by atoms with van der Waals surface area (Å²) in [6.45, 7) is 2.03. The Bertz CT molecular complexity index is 526. The third-order valence-electron chi connectivity index (χ3n) is 2.86. The van der Waals surface area contributed by atoms with E-state index in [-0.39, 0.29) is 6.04 Å². The van der Waals surface area contributed by atoms with Gasteiger partial charge in [0.2, 0.25) is 0 Å². The van der Waals surface area contributed by atoms with Gasteiger partial charge in [0.05, 0.1) is 19.0 Å². The fourth-order valence-electron chi connectivity index (χ4n) is 1.68. The van der Waals surface area contributed by atoms with Gasteiger partial charge in [-0.3, -0.25) is 4.98 Å². The van der Waals surface area contributed by atoms with E-state index >= 15 is 0 Å². The number of nitrogens with two attached hydrogens (primary N) is 1. The van der Waals surface area contributed by atoms with Crippen LogP contribution in [0.2, 0.25) is 0 Å². The standard InChI is InChI=1S/C15H18N2O2/c1-3-14(16)15-8-7-13(10-17-15)19-12-6-4-5-11(9-12)18-2/h4-10,14H,3,16H2,1-2H3. The second-order valence-corrected chi connectivity index (χ2v) is 4.21. The van der Waals surface area contributed by atoms with Gasteiger partial charge >= 0.3 is 0 Å². The van der Waals surface area contributed by atoms with Gasteiger partial charge in [-0.15, -0.1) is 0 Å². The van der Waals surface area contributed by atoms with Gasteiger partial charge < -0.3 is 15.2 Å². The van der Waals surface area contributed by atoms with Crippen molar-refractivity contribution in [3.63, 3.8) is 0 Å². The first-order valence-corrected chi connectivity index (χ1v) is 6.26. The Morgan fingerprint density at radius 2 is 1.95 bits per heavy atom. The van der Waals surface area contributed by atoms with Crippen molar-refractivity contribution >= 4 is 0 Å². The molecular weight excluding hydrogens is 240 g/mol. The Morgan fingerprint density at radius 3 is 2.58 bits per heavy atom. The summed E-state index contributed by atoms with van der Waals surface area (Å²) in [6, 6.07) is 11.2. The number of ether oxygens (including phenoxy) is 2. The van der Waals surface area contributed by atoms with Gasteiger partial charge in [-0.05, 0) is 30.7 Å². The Hall–Kier alpha value is -2.07. The van der Waals surface area contributed by atoms with E-state index in [4.69, 9.17) is 15.2 Å². The van der Waals surface area contributed by atoms with Gasteiger partial charge in [0, 0.05) is 12.1 Å². The minimum atomic E-state index is -0.0223. The molecule has 0 fully saturated rings. The lowest BCUT2D eigenvalue weighted by Crippen LogP contribution is -2.10. The second-order valence-electron chi connectivity index (χ2n) is 4.21. The highest BCUT2D eigenvalue weighted by Crippen LogP contribution is 2.25. The molecule has 0 bridgehead atoms. The second kappa shape index (κ2) is 6.20. The van der Waals surface area contributed by atoms with Gasteiger partial charge in [0.25, 0.3) is 0 Å². The van der Waals surface area contributed by atoms with E-state index in [0.717, 1.165) is 17.9 Å². The largest absolute Gasteiger partial charge is 0.497 e. The molecule has 0 spiro atoms. The van der Waals surface area contributed by atoms with Crippen molar-refractivity contribution in [2.75, 3.05) is 7.11 Å². The van der Waals surface area contributed by atoms with Crippen molar-refractivity contribution in [3.8, 4) is 17.2 Å². The van der Waals surface area contributed by atoms with Crippen LogP contribution in [-0.2, 0) is 0 Å². The fourth-order valence-corrected chi connectivity index (χ4v) is 1.68. The van der Waals surface area contributed by atoms with E-state index in [0.29, 0.717) is 11.5 Å². The average molecular weight is 258 g/mol. The van der Waals surface area contributed by atoms with Crippen LogP contribution in [0.1, 0.15) is 25.1 Å². The topological polar surface area (TPSA) is 57.4 Å². The molecule has 1 atom stereocenters. The monoisotopic (exact) mass is 258 g/mol. The van der Waals surface area contributed by atoms with E-state index in [1.165, 1.54) is 0 Å². The first-order chi connectivity index (χ1) is 9.22. The normalized spacial score (nSPS) is 11.9. The van der Waals surface area contributed by atoms with Crippen molar-refractivity contribution in [2.24, 2.45) is 5.73 Å². The fraction of sp³-hybridized carbons (Fsp3) is 0.267. The van der Waals surface area contributed by atoms with Crippen molar-refractivity contribution in [1.29, 1.82) is 0 Å².